The summed E-state index contributed by atoms with van der Waals surface area (Å²) in [6.45, 7) is 10.4. The van der Waals surface area contributed by atoms with Crippen molar-refractivity contribution in [3.63, 3.8) is 0 Å². The van der Waals surface area contributed by atoms with Crippen molar-refractivity contribution in [1.29, 1.82) is 0 Å². The van der Waals surface area contributed by atoms with E-state index in [2.05, 4.69) is 36.2 Å². The van der Waals surface area contributed by atoms with E-state index in [1.165, 1.54) is 19.3 Å². The first-order valence-corrected chi connectivity index (χ1v) is 6.49. The number of hydrogen-bond donors (Lipinski definition) is 2. The zero-order chi connectivity index (χ0) is 12.8. The van der Waals surface area contributed by atoms with Gasteiger partial charge in [0.05, 0.1) is 6.04 Å². The molecular formula is C13H25N3O. The van der Waals surface area contributed by atoms with Crippen LogP contribution in [0.4, 0.5) is 0 Å². The summed E-state index contributed by atoms with van der Waals surface area (Å²) < 4.78 is 0. The fourth-order valence-corrected chi connectivity index (χ4v) is 2.28. The van der Waals surface area contributed by atoms with Gasteiger partial charge >= 0.3 is 0 Å². The smallest absolute Gasteiger partial charge is 0.238 e. The number of hydrogen-bond acceptors (Lipinski definition) is 3. The fraction of sp³-hybridized carbons (Fsp3) is 0.769. The molecule has 0 aromatic heterocycles. The minimum atomic E-state index is -0.196. The van der Waals surface area contributed by atoms with E-state index in [0.717, 1.165) is 0 Å². The Hall–Kier alpha value is -0.870. The molecule has 3 unspecified atom stereocenters. The lowest BCUT2D eigenvalue weighted by Gasteiger charge is -2.40. The van der Waals surface area contributed by atoms with E-state index in [0.29, 0.717) is 18.6 Å². The molecule has 3 atom stereocenters. The summed E-state index contributed by atoms with van der Waals surface area (Å²) in [5.41, 5.74) is 3.31. The van der Waals surface area contributed by atoms with Crippen LogP contribution in [0.15, 0.2) is 12.7 Å². The van der Waals surface area contributed by atoms with Crippen molar-refractivity contribution in [2.75, 3.05) is 6.54 Å². The van der Waals surface area contributed by atoms with Crippen LogP contribution in [0.2, 0.25) is 0 Å². The molecule has 1 heterocycles. The maximum absolute atomic E-state index is 11.7. The molecular weight excluding hydrogens is 214 g/mol. The average molecular weight is 239 g/mol. The Kier molecular flexibility index (Phi) is 5.65. The van der Waals surface area contributed by atoms with Crippen molar-refractivity contribution in [2.24, 2.45) is 0 Å². The largest absolute Gasteiger partial charge is 0.351 e. The van der Waals surface area contributed by atoms with E-state index in [9.17, 15) is 4.79 Å². The predicted octanol–water partition coefficient (Wildman–Crippen LogP) is 1.44. The lowest BCUT2D eigenvalue weighted by molar-refractivity contribution is -0.125. The highest BCUT2D eigenvalue weighted by atomic mass is 16.2. The molecule has 0 spiro atoms. The number of rotatable bonds is 5. The van der Waals surface area contributed by atoms with Gasteiger partial charge in [0.1, 0.15) is 0 Å². The van der Waals surface area contributed by atoms with Gasteiger partial charge in [-0.3, -0.25) is 4.79 Å². The number of amides is 1. The summed E-state index contributed by atoms with van der Waals surface area (Å²) in [5, 5.41) is 5.03. The van der Waals surface area contributed by atoms with Gasteiger partial charge in [-0.2, -0.15) is 0 Å². The minimum absolute atomic E-state index is 0.0230. The summed E-state index contributed by atoms with van der Waals surface area (Å²) in [5.74, 6) is 0.0230. The number of nitrogens with one attached hydrogen (secondary N) is 2. The van der Waals surface area contributed by atoms with Gasteiger partial charge in [0.2, 0.25) is 5.91 Å². The van der Waals surface area contributed by atoms with Gasteiger partial charge in [0, 0.05) is 18.6 Å². The van der Waals surface area contributed by atoms with E-state index in [4.69, 9.17) is 0 Å². The first kappa shape index (κ1) is 14.2. The minimum Gasteiger partial charge on any atom is -0.351 e. The second-order valence-corrected chi connectivity index (χ2v) is 4.92. The highest BCUT2D eigenvalue weighted by Crippen LogP contribution is 2.20. The Bertz CT molecular complexity index is 257. The summed E-state index contributed by atoms with van der Waals surface area (Å²) in [6.07, 6.45) is 5.35. The Morgan fingerprint density at radius 2 is 2.06 bits per heavy atom. The molecule has 0 bridgehead atoms. The zero-order valence-electron chi connectivity index (χ0n) is 11.2. The molecule has 1 aliphatic heterocycles. The first-order valence-electron chi connectivity index (χ1n) is 6.49. The molecule has 0 saturated carbocycles. The summed E-state index contributed by atoms with van der Waals surface area (Å²) >= 11 is 0. The van der Waals surface area contributed by atoms with Gasteiger partial charge in [0.25, 0.3) is 0 Å². The maximum Gasteiger partial charge on any atom is 0.238 e. The number of hydrazine groups is 1. The molecule has 4 nitrogen and oxygen atoms in total. The van der Waals surface area contributed by atoms with E-state index in [-0.39, 0.29) is 11.9 Å². The lowest BCUT2D eigenvalue weighted by Crippen LogP contribution is -2.58. The van der Waals surface area contributed by atoms with Gasteiger partial charge in [0.15, 0.2) is 0 Å². The molecule has 98 valence electrons. The van der Waals surface area contributed by atoms with E-state index >= 15 is 0 Å². The fourth-order valence-electron chi connectivity index (χ4n) is 2.28. The molecule has 0 aliphatic carbocycles. The van der Waals surface area contributed by atoms with E-state index in [1.807, 2.05) is 6.92 Å². The number of piperidine rings is 1. The lowest BCUT2D eigenvalue weighted by atomic mass is 10.00. The van der Waals surface area contributed by atoms with Crippen LogP contribution in [-0.2, 0) is 4.79 Å². The van der Waals surface area contributed by atoms with Crippen LogP contribution in [0.1, 0.15) is 40.0 Å². The molecule has 1 amide bonds. The van der Waals surface area contributed by atoms with Crippen LogP contribution in [-0.4, -0.2) is 35.6 Å². The van der Waals surface area contributed by atoms with E-state index in [1.54, 1.807) is 6.08 Å². The first-order chi connectivity index (χ1) is 8.06. The normalized spacial score (nSPS) is 27.5. The Morgan fingerprint density at radius 1 is 1.47 bits per heavy atom. The van der Waals surface area contributed by atoms with Crippen LogP contribution < -0.4 is 10.7 Å². The predicted molar refractivity (Wildman–Crippen MR) is 70.4 cm³/mol. The third-order valence-electron chi connectivity index (χ3n) is 3.35. The van der Waals surface area contributed by atoms with Crippen molar-refractivity contribution in [3.8, 4) is 0 Å². The highest BCUT2D eigenvalue weighted by Gasteiger charge is 2.27. The second kappa shape index (κ2) is 6.77. The Morgan fingerprint density at radius 3 is 2.59 bits per heavy atom. The quantitative estimate of drug-likeness (QED) is 0.714. The van der Waals surface area contributed by atoms with E-state index < -0.39 is 0 Å². The number of nitrogens with zero attached hydrogens (tertiary/aromatic N) is 1. The molecule has 2 N–H and O–H groups in total. The molecule has 0 aromatic carbocycles. The zero-order valence-corrected chi connectivity index (χ0v) is 11.2. The van der Waals surface area contributed by atoms with Crippen LogP contribution in [0.25, 0.3) is 0 Å². The highest BCUT2D eigenvalue weighted by molar-refractivity contribution is 5.81. The SMILES string of the molecule is C=CCNC(=O)C(C)NN1C(C)CCCC1C. The molecule has 1 rings (SSSR count). The monoisotopic (exact) mass is 239 g/mol. The van der Waals surface area contributed by atoms with Crippen molar-refractivity contribution in [3.05, 3.63) is 12.7 Å². The Labute approximate surface area is 104 Å². The van der Waals surface area contributed by atoms with Crippen LogP contribution >= 0.6 is 0 Å². The molecule has 1 saturated heterocycles. The standard InChI is InChI=1S/C13H25N3O/c1-5-9-14-13(17)12(4)15-16-10(2)7-6-8-11(16)3/h5,10-12,15H,1,6-9H2,2-4H3,(H,14,17). The molecule has 0 radical (unpaired) electrons. The average Bonchev–Trinajstić information content (AvgIpc) is 2.30. The van der Waals surface area contributed by atoms with Crippen molar-refractivity contribution in [1.82, 2.24) is 15.8 Å². The topological polar surface area (TPSA) is 44.4 Å². The third-order valence-corrected chi connectivity index (χ3v) is 3.35. The van der Waals surface area contributed by atoms with Gasteiger partial charge in [-0.25, -0.2) is 10.4 Å². The summed E-state index contributed by atoms with van der Waals surface area (Å²) in [4.78, 5) is 11.7. The molecule has 1 aliphatic rings. The van der Waals surface area contributed by atoms with Crippen LogP contribution in [0.3, 0.4) is 0 Å². The second-order valence-electron chi connectivity index (χ2n) is 4.92. The Balaban J connectivity index is 2.45. The van der Waals surface area contributed by atoms with Crippen LogP contribution in [0, 0.1) is 0 Å². The van der Waals surface area contributed by atoms with Crippen molar-refractivity contribution >= 4 is 5.91 Å². The van der Waals surface area contributed by atoms with Gasteiger partial charge < -0.3 is 5.32 Å². The van der Waals surface area contributed by atoms with Crippen LogP contribution in [0.5, 0.6) is 0 Å². The molecule has 4 heteroatoms. The van der Waals surface area contributed by atoms with Gasteiger partial charge in [-0.05, 0) is 33.6 Å². The third kappa shape index (κ3) is 4.13. The summed E-state index contributed by atoms with van der Waals surface area (Å²) in [7, 11) is 0. The molecule has 0 aromatic rings. The van der Waals surface area contributed by atoms with Gasteiger partial charge in [-0.15, -0.1) is 6.58 Å². The van der Waals surface area contributed by atoms with Crippen molar-refractivity contribution in [2.45, 2.75) is 58.2 Å². The number of carbonyl (C=O) groups excluding carboxylic acids is 1. The summed E-state index contributed by atoms with van der Waals surface area (Å²) in [6, 6.07) is 0.791. The molecule has 1 fully saturated rings. The maximum atomic E-state index is 11.7. The van der Waals surface area contributed by atoms with Crippen molar-refractivity contribution < 1.29 is 4.79 Å². The molecule has 17 heavy (non-hydrogen) atoms. The van der Waals surface area contributed by atoms with Gasteiger partial charge in [-0.1, -0.05) is 12.5 Å². The number of carbonyl (C=O) groups is 1.